The molecule has 0 spiro atoms. The monoisotopic (exact) mass is 235 g/mol. The molecular weight excluding hydrogens is 214 g/mol. The lowest BCUT2D eigenvalue weighted by molar-refractivity contribution is 0.0267. The SMILES string of the molecule is CCC1CCC(CN)(C(O)c2ccncn2)C1. The van der Waals surface area contributed by atoms with Gasteiger partial charge < -0.3 is 10.8 Å². The van der Waals surface area contributed by atoms with Crippen LogP contribution in [-0.2, 0) is 0 Å². The molecule has 1 heterocycles. The van der Waals surface area contributed by atoms with Crippen molar-refractivity contribution in [2.24, 2.45) is 17.1 Å². The molecule has 0 radical (unpaired) electrons. The number of aliphatic hydroxyl groups is 1. The fraction of sp³-hybridized carbons (Fsp3) is 0.692. The second-order valence-electron chi connectivity index (χ2n) is 5.12. The average molecular weight is 235 g/mol. The maximum absolute atomic E-state index is 10.5. The Morgan fingerprint density at radius 3 is 3.00 bits per heavy atom. The normalized spacial score (nSPS) is 30.4. The standard InChI is InChI=1S/C13H21N3O/c1-2-10-3-5-13(7-10,8-14)12(17)11-4-6-15-9-16-11/h4,6,9-10,12,17H,2-3,5,7-8,14H2,1H3. The van der Waals surface area contributed by atoms with E-state index < -0.39 is 6.10 Å². The zero-order valence-corrected chi connectivity index (χ0v) is 10.3. The van der Waals surface area contributed by atoms with Gasteiger partial charge in [-0.25, -0.2) is 9.97 Å². The summed E-state index contributed by atoms with van der Waals surface area (Å²) in [5.41, 5.74) is 6.43. The lowest BCUT2D eigenvalue weighted by Crippen LogP contribution is -2.35. The molecule has 94 valence electrons. The summed E-state index contributed by atoms with van der Waals surface area (Å²) < 4.78 is 0. The smallest absolute Gasteiger partial charge is 0.115 e. The van der Waals surface area contributed by atoms with Gasteiger partial charge in [0.25, 0.3) is 0 Å². The van der Waals surface area contributed by atoms with Crippen LogP contribution in [0.25, 0.3) is 0 Å². The molecule has 2 rings (SSSR count). The van der Waals surface area contributed by atoms with Crippen LogP contribution in [0, 0.1) is 11.3 Å². The zero-order chi connectivity index (χ0) is 12.3. The molecular formula is C13H21N3O. The highest BCUT2D eigenvalue weighted by Crippen LogP contribution is 2.49. The number of rotatable bonds is 4. The fourth-order valence-electron chi connectivity index (χ4n) is 2.94. The topological polar surface area (TPSA) is 72.0 Å². The van der Waals surface area contributed by atoms with Crippen LogP contribution in [-0.4, -0.2) is 21.6 Å². The van der Waals surface area contributed by atoms with Crippen LogP contribution in [0.3, 0.4) is 0 Å². The van der Waals surface area contributed by atoms with Crippen LogP contribution in [0.4, 0.5) is 0 Å². The van der Waals surface area contributed by atoms with Gasteiger partial charge in [0.2, 0.25) is 0 Å². The molecule has 0 amide bonds. The van der Waals surface area contributed by atoms with Gasteiger partial charge in [-0.05, 0) is 31.2 Å². The molecule has 4 heteroatoms. The Morgan fingerprint density at radius 1 is 1.65 bits per heavy atom. The summed E-state index contributed by atoms with van der Waals surface area (Å²) in [5.74, 6) is 0.690. The second-order valence-corrected chi connectivity index (χ2v) is 5.12. The van der Waals surface area contributed by atoms with E-state index in [1.54, 1.807) is 12.3 Å². The molecule has 3 N–H and O–H groups in total. The maximum Gasteiger partial charge on any atom is 0.115 e. The molecule has 1 aliphatic rings. The fourth-order valence-corrected chi connectivity index (χ4v) is 2.94. The average Bonchev–Trinajstić information content (AvgIpc) is 2.84. The van der Waals surface area contributed by atoms with E-state index in [9.17, 15) is 5.11 Å². The molecule has 17 heavy (non-hydrogen) atoms. The number of nitrogens with two attached hydrogens (primary N) is 1. The van der Waals surface area contributed by atoms with Crippen molar-refractivity contribution < 1.29 is 5.11 Å². The predicted molar refractivity (Wildman–Crippen MR) is 66.1 cm³/mol. The van der Waals surface area contributed by atoms with E-state index in [0.717, 1.165) is 25.7 Å². The van der Waals surface area contributed by atoms with Crippen molar-refractivity contribution in [3.63, 3.8) is 0 Å². The van der Waals surface area contributed by atoms with Gasteiger partial charge in [0.15, 0.2) is 0 Å². The van der Waals surface area contributed by atoms with Gasteiger partial charge >= 0.3 is 0 Å². The molecule has 0 saturated heterocycles. The quantitative estimate of drug-likeness (QED) is 0.832. The summed E-state index contributed by atoms with van der Waals surface area (Å²) in [4.78, 5) is 8.03. The van der Waals surface area contributed by atoms with Crippen molar-refractivity contribution in [3.05, 3.63) is 24.3 Å². The molecule has 1 aliphatic carbocycles. The molecule has 1 aromatic heterocycles. The minimum atomic E-state index is -0.563. The highest BCUT2D eigenvalue weighted by Gasteiger charge is 2.44. The van der Waals surface area contributed by atoms with Crippen LogP contribution in [0.2, 0.25) is 0 Å². The first-order chi connectivity index (χ1) is 8.22. The third kappa shape index (κ3) is 2.33. The van der Waals surface area contributed by atoms with Crippen LogP contribution in [0.15, 0.2) is 18.6 Å². The van der Waals surface area contributed by atoms with Crippen molar-refractivity contribution in [2.45, 2.75) is 38.7 Å². The van der Waals surface area contributed by atoms with E-state index in [2.05, 4.69) is 16.9 Å². The van der Waals surface area contributed by atoms with E-state index in [4.69, 9.17) is 5.73 Å². The first-order valence-corrected chi connectivity index (χ1v) is 6.36. The molecule has 0 aromatic carbocycles. The van der Waals surface area contributed by atoms with Gasteiger partial charge in [0.1, 0.15) is 12.4 Å². The van der Waals surface area contributed by atoms with Crippen molar-refractivity contribution in [1.82, 2.24) is 9.97 Å². The number of hydrogen-bond donors (Lipinski definition) is 2. The van der Waals surface area contributed by atoms with Crippen molar-refractivity contribution >= 4 is 0 Å². The van der Waals surface area contributed by atoms with E-state index >= 15 is 0 Å². The van der Waals surface area contributed by atoms with Gasteiger partial charge in [-0.15, -0.1) is 0 Å². The minimum Gasteiger partial charge on any atom is -0.386 e. The Bertz CT molecular complexity index is 357. The van der Waals surface area contributed by atoms with Crippen LogP contribution < -0.4 is 5.73 Å². The molecule has 4 nitrogen and oxygen atoms in total. The van der Waals surface area contributed by atoms with E-state index in [1.165, 1.54) is 6.33 Å². The van der Waals surface area contributed by atoms with Gasteiger partial charge in [0.05, 0.1) is 5.69 Å². The zero-order valence-electron chi connectivity index (χ0n) is 10.3. The number of aromatic nitrogens is 2. The van der Waals surface area contributed by atoms with Gasteiger partial charge in [-0.1, -0.05) is 13.3 Å². The largest absolute Gasteiger partial charge is 0.386 e. The van der Waals surface area contributed by atoms with E-state index in [-0.39, 0.29) is 5.41 Å². The summed E-state index contributed by atoms with van der Waals surface area (Å²) in [6.07, 6.45) is 6.91. The molecule has 1 aromatic rings. The molecule has 3 unspecified atom stereocenters. The Morgan fingerprint density at radius 2 is 2.47 bits per heavy atom. The molecule has 0 aliphatic heterocycles. The summed E-state index contributed by atoms with van der Waals surface area (Å²) in [7, 11) is 0. The Kier molecular flexibility index (Phi) is 3.74. The van der Waals surface area contributed by atoms with E-state index in [1.807, 2.05) is 0 Å². The highest BCUT2D eigenvalue weighted by molar-refractivity contribution is 5.09. The molecule has 1 saturated carbocycles. The summed E-state index contributed by atoms with van der Waals surface area (Å²) in [5, 5.41) is 10.5. The summed E-state index contributed by atoms with van der Waals surface area (Å²) in [6, 6.07) is 1.78. The Hall–Kier alpha value is -1.00. The number of nitrogens with zero attached hydrogens (tertiary/aromatic N) is 2. The van der Waals surface area contributed by atoms with E-state index in [0.29, 0.717) is 18.2 Å². The summed E-state index contributed by atoms with van der Waals surface area (Å²) in [6.45, 7) is 2.73. The first kappa shape index (κ1) is 12.5. The Labute approximate surface area is 102 Å². The third-order valence-electron chi connectivity index (χ3n) is 4.19. The number of hydrogen-bond acceptors (Lipinski definition) is 4. The summed E-state index contributed by atoms with van der Waals surface area (Å²) >= 11 is 0. The molecule has 1 fully saturated rings. The van der Waals surface area contributed by atoms with Crippen LogP contribution in [0.1, 0.15) is 44.4 Å². The maximum atomic E-state index is 10.5. The van der Waals surface area contributed by atoms with Crippen molar-refractivity contribution in [2.75, 3.05) is 6.54 Å². The highest BCUT2D eigenvalue weighted by atomic mass is 16.3. The van der Waals surface area contributed by atoms with Crippen LogP contribution >= 0.6 is 0 Å². The van der Waals surface area contributed by atoms with Gasteiger partial charge in [-0.3, -0.25) is 0 Å². The second kappa shape index (κ2) is 5.10. The number of aliphatic hydroxyl groups excluding tert-OH is 1. The van der Waals surface area contributed by atoms with Crippen molar-refractivity contribution in [1.29, 1.82) is 0 Å². The first-order valence-electron chi connectivity index (χ1n) is 6.36. The molecule has 0 bridgehead atoms. The van der Waals surface area contributed by atoms with Crippen LogP contribution in [0.5, 0.6) is 0 Å². The predicted octanol–water partition coefficient (Wildman–Crippen LogP) is 1.67. The lowest BCUT2D eigenvalue weighted by Gasteiger charge is -2.33. The third-order valence-corrected chi connectivity index (χ3v) is 4.19. The van der Waals surface area contributed by atoms with Gasteiger partial charge in [-0.2, -0.15) is 0 Å². The van der Waals surface area contributed by atoms with Gasteiger partial charge in [0, 0.05) is 18.2 Å². The molecule has 3 atom stereocenters. The Balaban J connectivity index is 2.19. The lowest BCUT2D eigenvalue weighted by atomic mass is 9.78. The minimum absolute atomic E-state index is 0.185. The van der Waals surface area contributed by atoms with Crippen molar-refractivity contribution in [3.8, 4) is 0 Å².